The maximum absolute atomic E-state index is 13.6. The van der Waals surface area contributed by atoms with Gasteiger partial charge >= 0.3 is 0 Å². The molecule has 200 valence electrons. The third-order valence-corrected chi connectivity index (χ3v) is 7.74. The summed E-state index contributed by atoms with van der Waals surface area (Å²) in [5.41, 5.74) is 4.05. The summed E-state index contributed by atoms with van der Waals surface area (Å²) in [5.74, 6) is 0.725. The summed E-state index contributed by atoms with van der Waals surface area (Å²) in [6, 6.07) is 11.6. The van der Waals surface area contributed by atoms with E-state index in [0.29, 0.717) is 22.9 Å². The molecule has 9 nitrogen and oxygen atoms in total. The average Bonchev–Trinajstić information content (AvgIpc) is 3.32. The van der Waals surface area contributed by atoms with Crippen molar-refractivity contribution in [3.05, 3.63) is 46.1 Å². The van der Waals surface area contributed by atoms with Gasteiger partial charge in [-0.1, -0.05) is 6.07 Å². The molecule has 2 fully saturated rings. The van der Waals surface area contributed by atoms with Crippen LogP contribution < -0.4 is 20.4 Å². The fourth-order valence-electron chi connectivity index (χ4n) is 5.47. The molecular weight excluding hydrogens is 478 g/mol. The Morgan fingerprint density at radius 3 is 2.29 bits per heavy atom. The number of pyridine rings is 1. The van der Waals surface area contributed by atoms with Gasteiger partial charge in [0.1, 0.15) is 11.4 Å². The van der Waals surface area contributed by atoms with E-state index in [9.17, 15) is 10.1 Å². The number of nitriles is 1. The maximum Gasteiger partial charge on any atom is 0.199 e. The molecule has 0 bridgehead atoms. The van der Waals surface area contributed by atoms with E-state index >= 15 is 0 Å². The van der Waals surface area contributed by atoms with Crippen molar-refractivity contribution < 1.29 is 4.74 Å². The molecule has 0 spiro atoms. The number of aryl methyl sites for hydroxylation is 1. The molecular formula is C29H37N7O2. The average molecular weight is 516 g/mol. The molecule has 2 aromatic heterocycles. The van der Waals surface area contributed by atoms with E-state index in [2.05, 4.69) is 62.7 Å². The third-order valence-electron chi connectivity index (χ3n) is 7.74. The van der Waals surface area contributed by atoms with Gasteiger partial charge in [-0.3, -0.25) is 4.79 Å². The molecule has 2 aromatic carbocycles. The first-order valence-corrected chi connectivity index (χ1v) is 13.4. The molecule has 9 heteroatoms. The lowest BCUT2D eigenvalue weighted by Crippen LogP contribution is -2.44. The molecule has 0 amide bonds. The zero-order valence-electron chi connectivity index (χ0n) is 22.8. The number of rotatable bonds is 3. The van der Waals surface area contributed by atoms with Crippen molar-refractivity contribution >= 4 is 38.5 Å². The highest BCUT2D eigenvalue weighted by Crippen LogP contribution is 2.35. The standard InChI is InChI=1S/C24H25N5O2.C5H12N2/c1-4-29-19-13-20(28-9-7-27(2)8-10-28)21(31-3)12-17(19)23(30)22-16-6-5-15(14-25)11-18(16)26-24(22)29;1-7-4-2-6-3-5-7/h5-6,11-13,26H,4,7-10H2,1-3H3;6H,2-5H2,1H3. The quantitative estimate of drug-likeness (QED) is 0.434. The van der Waals surface area contributed by atoms with Crippen LogP contribution in [-0.2, 0) is 6.54 Å². The van der Waals surface area contributed by atoms with Gasteiger partial charge in [-0.15, -0.1) is 0 Å². The summed E-state index contributed by atoms with van der Waals surface area (Å²) < 4.78 is 7.88. The SMILES string of the molecule is CCn1c2cc(N3CCN(C)CC3)c(OC)cc2c(=O)c2c3ccc(C#N)cc3[nH]c21.CN1CCNCC1. The monoisotopic (exact) mass is 515 g/mol. The van der Waals surface area contributed by atoms with Crippen molar-refractivity contribution in [3.8, 4) is 11.8 Å². The van der Waals surface area contributed by atoms with Gasteiger partial charge in [0.05, 0.1) is 40.7 Å². The van der Waals surface area contributed by atoms with E-state index in [-0.39, 0.29) is 5.43 Å². The first-order chi connectivity index (χ1) is 18.4. The Labute approximate surface area is 223 Å². The summed E-state index contributed by atoms with van der Waals surface area (Å²) in [6.07, 6.45) is 0. The number of nitrogens with one attached hydrogen (secondary N) is 2. The smallest absolute Gasteiger partial charge is 0.199 e. The summed E-state index contributed by atoms with van der Waals surface area (Å²) in [6.45, 7) is 11.3. The highest BCUT2D eigenvalue weighted by Gasteiger charge is 2.22. The Bertz CT molecular complexity index is 1550. The predicted octanol–water partition coefficient (Wildman–Crippen LogP) is 2.81. The van der Waals surface area contributed by atoms with Crippen LogP contribution in [-0.4, -0.2) is 92.9 Å². The summed E-state index contributed by atoms with van der Waals surface area (Å²) >= 11 is 0. The number of likely N-dealkylation sites (N-methyl/N-ethyl adjacent to an activating group) is 2. The van der Waals surface area contributed by atoms with E-state index in [1.54, 1.807) is 19.2 Å². The van der Waals surface area contributed by atoms with E-state index in [0.717, 1.165) is 72.8 Å². The minimum absolute atomic E-state index is 0.0196. The second kappa shape index (κ2) is 11.0. The van der Waals surface area contributed by atoms with Crippen molar-refractivity contribution in [2.45, 2.75) is 13.5 Å². The van der Waals surface area contributed by atoms with Gasteiger partial charge in [-0.2, -0.15) is 5.26 Å². The molecule has 2 aliphatic rings. The molecule has 0 atom stereocenters. The highest BCUT2D eigenvalue weighted by molar-refractivity contribution is 6.10. The number of anilines is 1. The largest absolute Gasteiger partial charge is 0.495 e. The summed E-state index contributed by atoms with van der Waals surface area (Å²) in [5, 5.41) is 14.7. The van der Waals surface area contributed by atoms with Gasteiger partial charge in [-0.05, 0) is 45.3 Å². The molecule has 2 saturated heterocycles. The van der Waals surface area contributed by atoms with Crippen LogP contribution >= 0.6 is 0 Å². The number of hydrogen-bond donors (Lipinski definition) is 2. The number of piperazine rings is 2. The zero-order chi connectivity index (χ0) is 26.8. The normalized spacial score (nSPS) is 17.0. The Hall–Kier alpha value is -3.58. The fraction of sp³-hybridized carbons (Fsp3) is 0.448. The second-order valence-corrected chi connectivity index (χ2v) is 10.2. The predicted molar refractivity (Wildman–Crippen MR) is 155 cm³/mol. The van der Waals surface area contributed by atoms with E-state index in [1.165, 1.54) is 13.1 Å². The topological polar surface area (TPSA) is 92.6 Å². The number of aromatic nitrogens is 2. The Morgan fingerprint density at radius 1 is 0.974 bits per heavy atom. The fourth-order valence-corrected chi connectivity index (χ4v) is 5.47. The lowest BCUT2D eigenvalue weighted by molar-refractivity contribution is 0.291. The number of nitrogens with zero attached hydrogens (tertiary/aromatic N) is 5. The Morgan fingerprint density at radius 2 is 1.68 bits per heavy atom. The van der Waals surface area contributed by atoms with Crippen molar-refractivity contribution in [2.75, 3.05) is 78.5 Å². The van der Waals surface area contributed by atoms with E-state index in [4.69, 9.17) is 4.74 Å². The molecule has 6 rings (SSSR count). The molecule has 0 radical (unpaired) electrons. The van der Waals surface area contributed by atoms with Crippen molar-refractivity contribution in [1.82, 2.24) is 24.7 Å². The van der Waals surface area contributed by atoms with Crippen LogP contribution in [0, 0.1) is 11.3 Å². The lowest BCUT2D eigenvalue weighted by atomic mass is 10.1. The van der Waals surface area contributed by atoms with Crippen molar-refractivity contribution in [2.24, 2.45) is 0 Å². The highest BCUT2D eigenvalue weighted by atomic mass is 16.5. The minimum Gasteiger partial charge on any atom is -0.495 e. The first kappa shape index (κ1) is 26.0. The van der Waals surface area contributed by atoms with Gasteiger partial charge in [-0.25, -0.2) is 0 Å². The summed E-state index contributed by atoms with van der Waals surface area (Å²) in [4.78, 5) is 24.0. The van der Waals surface area contributed by atoms with Crippen LogP contribution in [0.3, 0.4) is 0 Å². The number of H-pyrrole nitrogens is 1. The first-order valence-electron chi connectivity index (χ1n) is 13.4. The zero-order valence-corrected chi connectivity index (χ0v) is 22.8. The third kappa shape index (κ3) is 4.83. The van der Waals surface area contributed by atoms with Crippen molar-refractivity contribution in [1.29, 1.82) is 5.26 Å². The number of aromatic amines is 1. The maximum atomic E-state index is 13.6. The van der Waals surface area contributed by atoms with Gasteiger partial charge in [0.15, 0.2) is 5.43 Å². The van der Waals surface area contributed by atoms with Gasteiger partial charge in [0.25, 0.3) is 0 Å². The van der Waals surface area contributed by atoms with Gasteiger partial charge in [0, 0.05) is 69.8 Å². The number of hydrogen-bond acceptors (Lipinski definition) is 7. The van der Waals surface area contributed by atoms with Crippen molar-refractivity contribution in [3.63, 3.8) is 0 Å². The molecule has 0 saturated carbocycles. The Kier molecular flexibility index (Phi) is 7.56. The number of benzene rings is 2. The molecule has 0 aliphatic carbocycles. The Balaban J connectivity index is 0.000000366. The molecule has 4 heterocycles. The van der Waals surface area contributed by atoms with Crippen LogP contribution in [0.15, 0.2) is 35.1 Å². The minimum atomic E-state index is -0.0196. The molecule has 2 aliphatic heterocycles. The van der Waals surface area contributed by atoms with Gasteiger partial charge < -0.3 is 34.3 Å². The molecule has 38 heavy (non-hydrogen) atoms. The van der Waals surface area contributed by atoms with Crippen LogP contribution in [0.25, 0.3) is 32.8 Å². The number of ether oxygens (including phenoxy) is 1. The molecule has 2 N–H and O–H groups in total. The van der Waals surface area contributed by atoms with Crippen LogP contribution in [0.1, 0.15) is 12.5 Å². The van der Waals surface area contributed by atoms with Crippen LogP contribution in [0.5, 0.6) is 5.75 Å². The number of fused-ring (bicyclic) bond motifs is 4. The second-order valence-electron chi connectivity index (χ2n) is 10.2. The molecule has 0 unspecified atom stereocenters. The lowest BCUT2D eigenvalue weighted by Gasteiger charge is -2.35. The van der Waals surface area contributed by atoms with E-state index in [1.807, 2.05) is 12.1 Å². The van der Waals surface area contributed by atoms with Gasteiger partial charge in [0.2, 0.25) is 0 Å². The molecule has 4 aromatic rings. The van der Waals surface area contributed by atoms with Crippen LogP contribution in [0.4, 0.5) is 5.69 Å². The number of methoxy groups -OCH3 is 1. The van der Waals surface area contributed by atoms with E-state index < -0.39 is 0 Å². The van der Waals surface area contributed by atoms with Crippen LogP contribution in [0.2, 0.25) is 0 Å². The summed E-state index contributed by atoms with van der Waals surface area (Å²) in [7, 11) is 5.95.